The van der Waals surface area contributed by atoms with Gasteiger partial charge in [-0.05, 0) is 23.8 Å². The highest BCUT2D eigenvalue weighted by atomic mass is 35.5. The molecular weight excluding hydrogens is 267 g/mol. The van der Waals surface area contributed by atoms with Gasteiger partial charge in [0, 0.05) is 12.7 Å². The minimum absolute atomic E-state index is 0.0200. The fourth-order valence-electron chi connectivity index (χ4n) is 1.61. The standard InChI is InChI=1S/C11H9ClF3N3/c12-8-5-17-18(6-8)9-1-2-10(11(13,14)15)7(3-9)4-16/h1-3,5-6H,4,16H2. The molecule has 0 unspecified atom stereocenters. The van der Waals surface area contributed by atoms with Crippen molar-refractivity contribution < 1.29 is 13.2 Å². The normalized spacial score (nSPS) is 11.8. The van der Waals surface area contributed by atoms with Crippen molar-refractivity contribution in [2.24, 2.45) is 5.73 Å². The van der Waals surface area contributed by atoms with Crippen molar-refractivity contribution in [2.75, 3.05) is 0 Å². The summed E-state index contributed by atoms with van der Waals surface area (Å²) in [6.45, 7) is -0.197. The van der Waals surface area contributed by atoms with Crippen molar-refractivity contribution in [3.05, 3.63) is 46.7 Å². The van der Waals surface area contributed by atoms with Crippen LogP contribution < -0.4 is 5.73 Å². The molecule has 0 fully saturated rings. The summed E-state index contributed by atoms with van der Waals surface area (Å²) < 4.78 is 39.4. The van der Waals surface area contributed by atoms with Crippen LogP contribution in [0.25, 0.3) is 5.69 Å². The van der Waals surface area contributed by atoms with Crippen LogP contribution >= 0.6 is 11.6 Å². The summed E-state index contributed by atoms with van der Waals surface area (Å²) in [6.07, 6.45) is -1.50. The van der Waals surface area contributed by atoms with Gasteiger partial charge in [-0.25, -0.2) is 4.68 Å². The summed E-state index contributed by atoms with van der Waals surface area (Å²) in [5, 5.41) is 4.32. The minimum atomic E-state index is -4.41. The third-order valence-corrected chi connectivity index (χ3v) is 2.62. The first-order chi connectivity index (χ1) is 8.41. The topological polar surface area (TPSA) is 43.8 Å². The molecule has 0 atom stereocenters. The Bertz CT molecular complexity index is 563. The van der Waals surface area contributed by atoms with Crippen LogP contribution in [0, 0.1) is 0 Å². The van der Waals surface area contributed by atoms with E-state index < -0.39 is 11.7 Å². The maximum Gasteiger partial charge on any atom is 0.416 e. The number of alkyl halides is 3. The first-order valence-corrected chi connectivity index (χ1v) is 5.40. The van der Waals surface area contributed by atoms with Gasteiger partial charge in [-0.15, -0.1) is 0 Å². The molecule has 0 amide bonds. The van der Waals surface area contributed by atoms with Crippen LogP contribution in [0.1, 0.15) is 11.1 Å². The lowest BCUT2D eigenvalue weighted by atomic mass is 10.1. The molecule has 1 aromatic heterocycles. The average molecular weight is 276 g/mol. The molecule has 2 aromatic rings. The molecule has 0 spiro atoms. The highest BCUT2D eigenvalue weighted by Crippen LogP contribution is 2.32. The molecule has 0 aliphatic carbocycles. The fourth-order valence-corrected chi connectivity index (χ4v) is 1.75. The fraction of sp³-hybridized carbons (Fsp3) is 0.182. The second-order valence-corrected chi connectivity index (χ2v) is 4.08. The smallest absolute Gasteiger partial charge is 0.326 e. The highest BCUT2D eigenvalue weighted by molar-refractivity contribution is 6.30. The van der Waals surface area contributed by atoms with Crippen LogP contribution in [0.3, 0.4) is 0 Å². The monoisotopic (exact) mass is 275 g/mol. The Labute approximate surface area is 106 Å². The van der Waals surface area contributed by atoms with Crippen LogP contribution in [-0.4, -0.2) is 9.78 Å². The molecule has 96 valence electrons. The summed E-state index contributed by atoms with van der Waals surface area (Å²) in [4.78, 5) is 0. The van der Waals surface area contributed by atoms with Gasteiger partial charge in [0.1, 0.15) is 0 Å². The molecule has 0 bridgehead atoms. The van der Waals surface area contributed by atoms with Gasteiger partial charge >= 0.3 is 6.18 Å². The van der Waals surface area contributed by atoms with E-state index in [0.717, 1.165) is 6.07 Å². The summed E-state index contributed by atoms with van der Waals surface area (Å²) >= 11 is 5.70. The lowest BCUT2D eigenvalue weighted by Crippen LogP contribution is -2.12. The van der Waals surface area contributed by atoms with E-state index in [1.54, 1.807) is 0 Å². The van der Waals surface area contributed by atoms with E-state index in [-0.39, 0.29) is 12.1 Å². The van der Waals surface area contributed by atoms with E-state index in [1.165, 1.54) is 29.2 Å². The van der Waals surface area contributed by atoms with E-state index in [9.17, 15) is 13.2 Å². The predicted molar refractivity (Wildman–Crippen MR) is 61.5 cm³/mol. The Kier molecular flexibility index (Phi) is 3.32. The van der Waals surface area contributed by atoms with Crippen molar-refractivity contribution in [1.82, 2.24) is 9.78 Å². The van der Waals surface area contributed by atoms with Gasteiger partial charge in [0.15, 0.2) is 0 Å². The van der Waals surface area contributed by atoms with Gasteiger partial charge in [-0.2, -0.15) is 18.3 Å². The maximum atomic E-state index is 12.7. The summed E-state index contributed by atoms with van der Waals surface area (Å²) in [5.41, 5.74) is 5.12. The van der Waals surface area contributed by atoms with Gasteiger partial charge < -0.3 is 5.73 Å². The Morgan fingerprint density at radius 3 is 2.56 bits per heavy atom. The van der Waals surface area contributed by atoms with Crippen LogP contribution in [-0.2, 0) is 12.7 Å². The van der Waals surface area contributed by atoms with Gasteiger partial charge in [0.05, 0.1) is 22.5 Å². The predicted octanol–water partition coefficient (Wildman–Crippen LogP) is 3.00. The van der Waals surface area contributed by atoms with Crippen molar-refractivity contribution in [3.63, 3.8) is 0 Å². The largest absolute Gasteiger partial charge is 0.416 e. The number of hydrogen-bond donors (Lipinski definition) is 1. The Hall–Kier alpha value is -1.53. The van der Waals surface area contributed by atoms with E-state index in [0.29, 0.717) is 10.7 Å². The summed E-state index contributed by atoms with van der Waals surface area (Å²) in [6, 6.07) is 3.67. The van der Waals surface area contributed by atoms with Crippen LogP contribution in [0.4, 0.5) is 13.2 Å². The Balaban J connectivity index is 2.48. The molecule has 2 N–H and O–H groups in total. The first kappa shape index (κ1) is 12.9. The van der Waals surface area contributed by atoms with Crippen molar-refractivity contribution >= 4 is 11.6 Å². The second-order valence-electron chi connectivity index (χ2n) is 3.65. The van der Waals surface area contributed by atoms with Crippen molar-refractivity contribution in [2.45, 2.75) is 12.7 Å². The quantitative estimate of drug-likeness (QED) is 0.916. The molecule has 3 nitrogen and oxygen atoms in total. The van der Waals surface area contributed by atoms with Gasteiger partial charge in [0.2, 0.25) is 0 Å². The number of nitrogens with zero attached hydrogens (tertiary/aromatic N) is 2. The number of hydrogen-bond acceptors (Lipinski definition) is 2. The maximum absolute atomic E-state index is 12.7. The summed E-state index contributed by atoms with van der Waals surface area (Å²) in [5.74, 6) is 0. The van der Waals surface area contributed by atoms with Gasteiger partial charge in [0.25, 0.3) is 0 Å². The number of aromatic nitrogens is 2. The zero-order chi connectivity index (χ0) is 13.3. The molecule has 1 aromatic carbocycles. The lowest BCUT2D eigenvalue weighted by molar-refractivity contribution is -0.138. The minimum Gasteiger partial charge on any atom is -0.326 e. The molecule has 18 heavy (non-hydrogen) atoms. The molecule has 0 aliphatic heterocycles. The zero-order valence-electron chi connectivity index (χ0n) is 9.08. The van der Waals surface area contributed by atoms with E-state index in [1.807, 2.05) is 0 Å². The van der Waals surface area contributed by atoms with Crippen LogP contribution in [0.5, 0.6) is 0 Å². The highest BCUT2D eigenvalue weighted by Gasteiger charge is 2.32. The van der Waals surface area contributed by atoms with E-state index in [2.05, 4.69) is 5.10 Å². The van der Waals surface area contributed by atoms with E-state index in [4.69, 9.17) is 17.3 Å². The molecule has 0 aliphatic rings. The zero-order valence-corrected chi connectivity index (χ0v) is 9.83. The van der Waals surface area contributed by atoms with Gasteiger partial charge in [-0.3, -0.25) is 0 Å². The lowest BCUT2D eigenvalue weighted by Gasteiger charge is -2.13. The van der Waals surface area contributed by atoms with Crippen molar-refractivity contribution in [1.29, 1.82) is 0 Å². The molecular formula is C11H9ClF3N3. The summed E-state index contributed by atoms with van der Waals surface area (Å²) in [7, 11) is 0. The number of nitrogens with two attached hydrogens (primary N) is 1. The third kappa shape index (κ3) is 2.49. The van der Waals surface area contributed by atoms with Crippen LogP contribution in [0.15, 0.2) is 30.6 Å². The average Bonchev–Trinajstić information content (AvgIpc) is 2.74. The Morgan fingerprint density at radius 2 is 2.06 bits per heavy atom. The third-order valence-electron chi connectivity index (χ3n) is 2.43. The molecule has 7 heteroatoms. The SMILES string of the molecule is NCc1cc(-n2cc(Cl)cn2)ccc1C(F)(F)F. The molecule has 1 heterocycles. The molecule has 0 radical (unpaired) electrons. The van der Waals surface area contributed by atoms with Crippen molar-refractivity contribution in [3.8, 4) is 5.69 Å². The number of halogens is 4. The first-order valence-electron chi connectivity index (χ1n) is 5.02. The van der Waals surface area contributed by atoms with E-state index >= 15 is 0 Å². The number of rotatable bonds is 2. The van der Waals surface area contributed by atoms with Gasteiger partial charge in [-0.1, -0.05) is 11.6 Å². The molecule has 0 saturated heterocycles. The number of benzene rings is 1. The Morgan fingerprint density at radius 1 is 1.33 bits per heavy atom. The molecule has 2 rings (SSSR count). The second kappa shape index (κ2) is 4.62. The van der Waals surface area contributed by atoms with Crippen LogP contribution in [0.2, 0.25) is 5.02 Å². The molecule has 0 saturated carbocycles.